The van der Waals surface area contributed by atoms with E-state index in [0.717, 1.165) is 11.1 Å². The number of hydrogen-bond acceptors (Lipinski definition) is 2. The molecule has 1 aromatic carbocycles. The molecule has 2 aromatic rings. The molecule has 1 N–H and O–H groups in total. The van der Waals surface area contributed by atoms with E-state index in [1.165, 1.54) is 0 Å². The van der Waals surface area contributed by atoms with Crippen molar-refractivity contribution in [3.8, 4) is 11.3 Å². The van der Waals surface area contributed by atoms with Gasteiger partial charge in [-0.05, 0) is 18.6 Å². The molecule has 0 amide bonds. The van der Waals surface area contributed by atoms with Crippen LogP contribution in [0, 0.1) is 6.92 Å². The molecule has 0 aliphatic rings. The van der Waals surface area contributed by atoms with Crippen molar-refractivity contribution in [2.45, 2.75) is 18.7 Å². The van der Waals surface area contributed by atoms with Crippen LogP contribution in [-0.4, -0.2) is 19.2 Å². The number of benzene rings is 1. The fraction of sp³-hybridized carbons (Fsp3) is 0.231. The number of aryl methyl sites for hydroxylation is 1. The van der Waals surface area contributed by atoms with Crippen LogP contribution in [0.1, 0.15) is 12.5 Å². The van der Waals surface area contributed by atoms with Crippen LogP contribution in [0.2, 0.25) is 0 Å². The molecule has 1 heterocycles. The highest BCUT2D eigenvalue weighted by Crippen LogP contribution is 2.28. The first kappa shape index (κ1) is 11.9. The lowest BCUT2D eigenvalue weighted by Gasteiger charge is -2.07. The molecule has 17 heavy (non-hydrogen) atoms. The van der Waals surface area contributed by atoms with Crippen molar-refractivity contribution in [1.29, 1.82) is 0 Å². The Labute approximate surface area is 101 Å². The van der Waals surface area contributed by atoms with Gasteiger partial charge in [-0.15, -0.1) is 0 Å². The van der Waals surface area contributed by atoms with Gasteiger partial charge in [0.1, 0.15) is 0 Å². The lowest BCUT2D eigenvalue weighted by Crippen LogP contribution is -2.04. The van der Waals surface area contributed by atoms with Crippen LogP contribution in [0.25, 0.3) is 11.3 Å². The van der Waals surface area contributed by atoms with Crippen molar-refractivity contribution in [3.05, 3.63) is 42.1 Å². The minimum Gasteiger partial charge on any atom is -0.360 e. The van der Waals surface area contributed by atoms with Crippen molar-refractivity contribution in [2.75, 3.05) is 5.75 Å². The molecular formula is C13H15NO2S. The van der Waals surface area contributed by atoms with Crippen LogP contribution in [0.15, 0.2) is 41.4 Å². The molecule has 0 bridgehead atoms. The van der Waals surface area contributed by atoms with Crippen LogP contribution in [0.4, 0.5) is 0 Å². The first-order chi connectivity index (χ1) is 8.06. The molecule has 0 unspecified atom stereocenters. The predicted molar refractivity (Wildman–Crippen MR) is 68.7 cm³/mol. The van der Waals surface area contributed by atoms with Crippen molar-refractivity contribution in [3.63, 3.8) is 0 Å². The van der Waals surface area contributed by atoms with Crippen LogP contribution < -0.4 is 0 Å². The number of aromatic amines is 1. The maximum atomic E-state index is 11.9. The number of sulfone groups is 1. The van der Waals surface area contributed by atoms with Crippen molar-refractivity contribution in [2.24, 2.45) is 0 Å². The van der Waals surface area contributed by atoms with Gasteiger partial charge < -0.3 is 4.98 Å². The monoisotopic (exact) mass is 249 g/mol. The third-order valence-electron chi connectivity index (χ3n) is 2.84. The fourth-order valence-electron chi connectivity index (χ4n) is 1.83. The average molecular weight is 249 g/mol. The second kappa shape index (κ2) is 4.37. The first-order valence-electron chi connectivity index (χ1n) is 5.52. The smallest absolute Gasteiger partial charge is 0.180 e. The summed E-state index contributed by atoms with van der Waals surface area (Å²) < 4.78 is 23.9. The standard InChI is InChI=1S/C13H15NO2S/c1-3-17(15,16)12-8-9-14-13(12)11-7-5-4-6-10(11)2/h4-9,14H,3H2,1-2H3. The summed E-state index contributed by atoms with van der Waals surface area (Å²) in [6, 6.07) is 9.37. The molecule has 2 rings (SSSR count). The Bertz CT molecular complexity index is 626. The Morgan fingerprint density at radius 2 is 1.88 bits per heavy atom. The van der Waals surface area contributed by atoms with E-state index in [0.29, 0.717) is 10.6 Å². The molecule has 1 aromatic heterocycles. The van der Waals surface area contributed by atoms with Gasteiger partial charge in [-0.1, -0.05) is 31.2 Å². The zero-order chi connectivity index (χ0) is 12.5. The van der Waals surface area contributed by atoms with Gasteiger partial charge in [0.2, 0.25) is 0 Å². The molecule has 0 saturated carbocycles. The van der Waals surface area contributed by atoms with Crippen molar-refractivity contribution < 1.29 is 8.42 Å². The van der Waals surface area contributed by atoms with Crippen molar-refractivity contribution in [1.82, 2.24) is 4.98 Å². The highest BCUT2D eigenvalue weighted by atomic mass is 32.2. The summed E-state index contributed by atoms with van der Waals surface area (Å²) in [5, 5.41) is 0. The summed E-state index contributed by atoms with van der Waals surface area (Å²) in [5.74, 6) is 0.115. The SMILES string of the molecule is CCS(=O)(=O)c1cc[nH]c1-c1ccccc1C. The van der Waals surface area contributed by atoms with Gasteiger partial charge in [0.05, 0.1) is 16.3 Å². The molecule has 4 heteroatoms. The van der Waals surface area contributed by atoms with Gasteiger partial charge in [-0.3, -0.25) is 0 Å². The number of hydrogen-bond donors (Lipinski definition) is 1. The molecular weight excluding hydrogens is 234 g/mol. The summed E-state index contributed by atoms with van der Waals surface area (Å²) in [6.45, 7) is 3.63. The third kappa shape index (κ3) is 2.13. The molecule has 0 atom stereocenters. The van der Waals surface area contributed by atoms with Gasteiger partial charge >= 0.3 is 0 Å². The van der Waals surface area contributed by atoms with E-state index < -0.39 is 9.84 Å². The minimum absolute atomic E-state index is 0.115. The van der Waals surface area contributed by atoms with Gasteiger partial charge in [0.15, 0.2) is 9.84 Å². The van der Waals surface area contributed by atoms with Gasteiger partial charge in [0, 0.05) is 11.8 Å². The molecule has 0 fully saturated rings. The zero-order valence-electron chi connectivity index (χ0n) is 9.90. The van der Waals surface area contributed by atoms with Gasteiger partial charge in [-0.2, -0.15) is 0 Å². The van der Waals surface area contributed by atoms with E-state index in [-0.39, 0.29) is 5.75 Å². The first-order valence-corrected chi connectivity index (χ1v) is 7.17. The van der Waals surface area contributed by atoms with Crippen LogP contribution in [0.5, 0.6) is 0 Å². The second-order valence-electron chi connectivity index (χ2n) is 3.94. The predicted octanol–water partition coefficient (Wildman–Crippen LogP) is 2.78. The van der Waals surface area contributed by atoms with E-state index >= 15 is 0 Å². The van der Waals surface area contributed by atoms with E-state index in [4.69, 9.17) is 0 Å². The fourth-order valence-corrected chi connectivity index (χ4v) is 2.90. The Balaban J connectivity index is 2.64. The highest BCUT2D eigenvalue weighted by molar-refractivity contribution is 7.91. The summed E-state index contributed by atoms with van der Waals surface area (Å²) in [4.78, 5) is 3.41. The Morgan fingerprint density at radius 3 is 2.53 bits per heavy atom. The molecule has 0 aliphatic heterocycles. The van der Waals surface area contributed by atoms with Gasteiger partial charge in [-0.25, -0.2) is 8.42 Å². The normalized spacial score (nSPS) is 11.6. The van der Waals surface area contributed by atoms with E-state index in [1.54, 1.807) is 19.2 Å². The number of nitrogens with one attached hydrogen (secondary N) is 1. The maximum Gasteiger partial charge on any atom is 0.180 e. The second-order valence-corrected chi connectivity index (χ2v) is 6.18. The number of aromatic nitrogens is 1. The Morgan fingerprint density at radius 1 is 1.18 bits per heavy atom. The average Bonchev–Trinajstić information content (AvgIpc) is 2.79. The summed E-state index contributed by atoms with van der Waals surface area (Å²) in [6.07, 6.45) is 1.67. The molecule has 0 spiro atoms. The van der Waals surface area contributed by atoms with E-state index in [9.17, 15) is 8.42 Å². The molecule has 0 radical (unpaired) electrons. The minimum atomic E-state index is -3.18. The Kier molecular flexibility index (Phi) is 3.07. The zero-order valence-corrected chi connectivity index (χ0v) is 10.7. The number of H-pyrrole nitrogens is 1. The van der Waals surface area contributed by atoms with Crippen LogP contribution >= 0.6 is 0 Å². The Hall–Kier alpha value is -1.55. The lowest BCUT2D eigenvalue weighted by atomic mass is 10.1. The van der Waals surface area contributed by atoms with E-state index in [2.05, 4.69) is 4.98 Å². The molecule has 0 aliphatic carbocycles. The van der Waals surface area contributed by atoms with Gasteiger partial charge in [0.25, 0.3) is 0 Å². The van der Waals surface area contributed by atoms with Crippen LogP contribution in [-0.2, 0) is 9.84 Å². The largest absolute Gasteiger partial charge is 0.360 e. The maximum absolute atomic E-state index is 11.9. The third-order valence-corrected chi connectivity index (χ3v) is 4.61. The van der Waals surface area contributed by atoms with E-state index in [1.807, 2.05) is 31.2 Å². The summed E-state index contributed by atoms with van der Waals surface area (Å²) in [7, 11) is -3.18. The number of rotatable bonds is 3. The quantitative estimate of drug-likeness (QED) is 0.909. The summed E-state index contributed by atoms with van der Waals surface area (Å²) >= 11 is 0. The highest BCUT2D eigenvalue weighted by Gasteiger charge is 2.19. The summed E-state index contributed by atoms with van der Waals surface area (Å²) in [5.41, 5.74) is 2.68. The molecule has 90 valence electrons. The van der Waals surface area contributed by atoms with Crippen LogP contribution in [0.3, 0.4) is 0 Å². The lowest BCUT2D eigenvalue weighted by molar-refractivity contribution is 0.597. The molecule has 3 nitrogen and oxygen atoms in total. The van der Waals surface area contributed by atoms with Crippen molar-refractivity contribution >= 4 is 9.84 Å². The topological polar surface area (TPSA) is 49.9 Å². The molecule has 0 saturated heterocycles.